The van der Waals surface area contributed by atoms with Gasteiger partial charge in [-0.15, -0.1) is 0 Å². The monoisotopic (exact) mass is 236 g/mol. The molecule has 1 N–H and O–H groups in total. The van der Waals surface area contributed by atoms with Crippen LogP contribution in [-0.2, 0) is 14.2 Å². The summed E-state index contributed by atoms with van der Waals surface area (Å²) in [6.45, 7) is 1.05. The van der Waals surface area contributed by atoms with Crippen molar-refractivity contribution in [3.05, 3.63) is 35.9 Å². The number of hydrogen-bond acceptors (Lipinski definition) is 4. The first kappa shape index (κ1) is 11.2. The average molecular weight is 236 g/mol. The molecule has 3 unspecified atom stereocenters. The molecule has 0 aliphatic carbocycles. The van der Waals surface area contributed by atoms with Gasteiger partial charge in [0.05, 0.1) is 12.7 Å². The Morgan fingerprint density at radius 3 is 2.76 bits per heavy atom. The van der Waals surface area contributed by atoms with E-state index < -0.39 is 12.4 Å². The molecular weight excluding hydrogens is 220 g/mol. The SMILES string of the molecule is OC1CCOC2COC(c3ccccc3)O[C@@H]12. The van der Waals surface area contributed by atoms with Gasteiger partial charge in [-0.3, -0.25) is 0 Å². The minimum atomic E-state index is -0.455. The summed E-state index contributed by atoms with van der Waals surface area (Å²) >= 11 is 0. The number of aliphatic hydroxyl groups excluding tert-OH is 1. The molecule has 2 aliphatic rings. The molecule has 4 nitrogen and oxygen atoms in total. The Bertz CT molecular complexity index is 367. The summed E-state index contributed by atoms with van der Waals surface area (Å²) in [5, 5.41) is 9.91. The van der Waals surface area contributed by atoms with Crippen LogP contribution in [0.1, 0.15) is 18.3 Å². The lowest BCUT2D eigenvalue weighted by Gasteiger charge is -2.41. The van der Waals surface area contributed by atoms with Crippen molar-refractivity contribution in [2.75, 3.05) is 13.2 Å². The molecule has 2 fully saturated rings. The van der Waals surface area contributed by atoms with E-state index in [1.54, 1.807) is 0 Å². The van der Waals surface area contributed by atoms with Gasteiger partial charge in [-0.25, -0.2) is 0 Å². The molecule has 2 heterocycles. The summed E-state index contributed by atoms with van der Waals surface area (Å²) < 4.78 is 16.9. The van der Waals surface area contributed by atoms with Crippen molar-refractivity contribution < 1.29 is 19.3 Å². The first-order valence-corrected chi connectivity index (χ1v) is 5.96. The molecule has 0 amide bonds. The Morgan fingerprint density at radius 2 is 1.94 bits per heavy atom. The van der Waals surface area contributed by atoms with Gasteiger partial charge >= 0.3 is 0 Å². The van der Waals surface area contributed by atoms with Crippen molar-refractivity contribution in [1.29, 1.82) is 0 Å². The van der Waals surface area contributed by atoms with E-state index in [1.807, 2.05) is 30.3 Å². The fourth-order valence-electron chi connectivity index (χ4n) is 2.32. The van der Waals surface area contributed by atoms with Gasteiger partial charge in [-0.1, -0.05) is 30.3 Å². The number of ether oxygens (including phenoxy) is 3. The van der Waals surface area contributed by atoms with Crippen molar-refractivity contribution in [2.24, 2.45) is 0 Å². The maximum Gasteiger partial charge on any atom is 0.184 e. The zero-order chi connectivity index (χ0) is 11.7. The highest BCUT2D eigenvalue weighted by Crippen LogP contribution is 2.31. The van der Waals surface area contributed by atoms with Gasteiger partial charge in [0, 0.05) is 12.2 Å². The van der Waals surface area contributed by atoms with Gasteiger partial charge in [0.2, 0.25) is 0 Å². The molecule has 0 bridgehead atoms. The van der Waals surface area contributed by atoms with E-state index in [0.29, 0.717) is 19.6 Å². The maximum absolute atomic E-state index is 9.91. The third-order valence-electron chi connectivity index (χ3n) is 3.26. The number of rotatable bonds is 1. The molecule has 0 spiro atoms. The first-order chi connectivity index (χ1) is 8.34. The van der Waals surface area contributed by atoms with Gasteiger partial charge < -0.3 is 19.3 Å². The molecule has 0 radical (unpaired) electrons. The van der Waals surface area contributed by atoms with Crippen LogP contribution >= 0.6 is 0 Å². The van der Waals surface area contributed by atoms with Crippen LogP contribution in [0.3, 0.4) is 0 Å². The number of aliphatic hydroxyl groups is 1. The molecule has 2 aliphatic heterocycles. The first-order valence-electron chi connectivity index (χ1n) is 5.96. The summed E-state index contributed by atoms with van der Waals surface area (Å²) in [4.78, 5) is 0. The van der Waals surface area contributed by atoms with E-state index in [1.165, 1.54) is 0 Å². The van der Waals surface area contributed by atoms with Crippen LogP contribution in [-0.4, -0.2) is 36.6 Å². The Balaban J connectivity index is 1.74. The van der Waals surface area contributed by atoms with E-state index in [4.69, 9.17) is 14.2 Å². The lowest BCUT2D eigenvalue weighted by atomic mass is 10.0. The molecular formula is C13H16O4. The molecule has 0 aromatic heterocycles. The van der Waals surface area contributed by atoms with Gasteiger partial charge in [-0.05, 0) is 6.42 Å². The molecule has 17 heavy (non-hydrogen) atoms. The molecule has 1 aromatic rings. The lowest BCUT2D eigenvalue weighted by Crippen LogP contribution is -2.52. The summed E-state index contributed by atoms with van der Waals surface area (Å²) in [6.07, 6.45) is -0.637. The predicted octanol–water partition coefficient (Wildman–Crippen LogP) is 1.25. The van der Waals surface area contributed by atoms with Gasteiger partial charge in [0.1, 0.15) is 12.2 Å². The standard InChI is InChI=1S/C13H16O4/c14-10-6-7-15-11-8-16-13(17-12(10)11)9-4-2-1-3-5-9/h1-5,10-14H,6-8H2/t10?,11?,12-,13?/m0/s1. The highest BCUT2D eigenvalue weighted by Gasteiger charge is 2.40. The summed E-state index contributed by atoms with van der Waals surface area (Å²) in [7, 11) is 0. The van der Waals surface area contributed by atoms with Crippen LogP contribution in [0.15, 0.2) is 30.3 Å². The average Bonchev–Trinajstić information content (AvgIpc) is 2.40. The van der Waals surface area contributed by atoms with E-state index in [0.717, 1.165) is 5.56 Å². The topological polar surface area (TPSA) is 47.9 Å². The third-order valence-corrected chi connectivity index (χ3v) is 3.26. The fourth-order valence-corrected chi connectivity index (χ4v) is 2.32. The molecule has 4 atom stereocenters. The number of hydrogen-bond donors (Lipinski definition) is 1. The van der Waals surface area contributed by atoms with Crippen LogP contribution in [0.2, 0.25) is 0 Å². The van der Waals surface area contributed by atoms with Crippen LogP contribution in [0.25, 0.3) is 0 Å². The van der Waals surface area contributed by atoms with E-state index in [-0.39, 0.29) is 12.2 Å². The summed E-state index contributed by atoms with van der Waals surface area (Å²) in [5.41, 5.74) is 0.976. The Kier molecular flexibility index (Phi) is 3.11. The summed E-state index contributed by atoms with van der Waals surface area (Å²) in [5.74, 6) is 0. The molecule has 1 aromatic carbocycles. The Labute approximate surface area is 100 Å². The largest absolute Gasteiger partial charge is 0.390 e. The van der Waals surface area contributed by atoms with Gasteiger partial charge in [0.15, 0.2) is 6.29 Å². The second kappa shape index (κ2) is 4.74. The minimum absolute atomic E-state index is 0.140. The van der Waals surface area contributed by atoms with Crippen molar-refractivity contribution in [2.45, 2.75) is 31.0 Å². The lowest BCUT2D eigenvalue weighted by molar-refractivity contribution is -0.298. The highest BCUT2D eigenvalue weighted by atomic mass is 16.7. The van der Waals surface area contributed by atoms with E-state index in [2.05, 4.69) is 0 Å². The second-order valence-corrected chi connectivity index (χ2v) is 4.44. The minimum Gasteiger partial charge on any atom is -0.390 e. The molecule has 2 saturated heterocycles. The quantitative estimate of drug-likeness (QED) is 0.797. The molecule has 4 heteroatoms. The smallest absolute Gasteiger partial charge is 0.184 e. The second-order valence-electron chi connectivity index (χ2n) is 4.44. The van der Waals surface area contributed by atoms with E-state index in [9.17, 15) is 5.11 Å². The fraction of sp³-hybridized carbons (Fsp3) is 0.538. The van der Waals surface area contributed by atoms with Crippen LogP contribution in [0, 0.1) is 0 Å². The maximum atomic E-state index is 9.91. The van der Waals surface area contributed by atoms with Crippen molar-refractivity contribution in [1.82, 2.24) is 0 Å². The Morgan fingerprint density at radius 1 is 1.12 bits per heavy atom. The molecule has 3 rings (SSSR count). The van der Waals surface area contributed by atoms with Crippen molar-refractivity contribution >= 4 is 0 Å². The molecule has 92 valence electrons. The van der Waals surface area contributed by atoms with Crippen LogP contribution in [0.4, 0.5) is 0 Å². The van der Waals surface area contributed by atoms with Crippen LogP contribution in [0.5, 0.6) is 0 Å². The highest BCUT2D eigenvalue weighted by molar-refractivity contribution is 5.16. The van der Waals surface area contributed by atoms with Crippen molar-refractivity contribution in [3.8, 4) is 0 Å². The van der Waals surface area contributed by atoms with Gasteiger partial charge in [0.25, 0.3) is 0 Å². The molecule has 0 saturated carbocycles. The van der Waals surface area contributed by atoms with Crippen LogP contribution < -0.4 is 0 Å². The third kappa shape index (κ3) is 2.21. The predicted molar refractivity (Wildman–Crippen MR) is 60.4 cm³/mol. The number of fused-ring (bicyclic) bond motifs is 1. The van der Waals surface area contributed by atoms with E-state index >= 15 is 0 Å². The van der Waals surface area contributed by atoms with Gasteiger partial charge in [-0.2, -0.15) is 0 Å². The zero-order valence-corrected chi connectivity index (χ0v) is 9.49. The zero-order valence-electron chi connectivity index (χ0n) is 9.49. The summed E-state index contributed by atoms with van der Waals surface area (Å²) in [6, 6.07) is 9.76. The Hall–Kier alpha value is -0.940. The number of benzene rings is 1. The van der Waals surface area contributed by atoms with Crippen molar-refractivity contribution in [3.63, 3.8) is 0 Å². The normalized spacial score (nSPS) is 37.5.